The first kappa shape index (κ1) is 17.8. The smallest absolute Gasteiger partial charge is 0.229 e. The third-order valence-corrected chi connectivity index (χ3v) is 3.78. The van der Waals surface area contributed by atoms with E-state index in [2.05, 4.69) is 20.6 Å². The van der Waals surface area contributed by atoms with Gasteiger partial charge < -0.3 is 20.1 Å². The van der Waals surface area contributed by atoms with Gasteiger partial charge in [-0.05, 0) is 36.4 Å². The van der Waals surface area contributed by atoms with Crippen molar-refractivity contribution in [3.05, 3.63) is 59.5 Å². The van der Waals surface area contributed by atoms with Gasteiger partial charge in [-0.25, -0.2) is 9.37 Å². The van der Waals surface area contributed by atoms with Crippen molar-refractivity contribution in [2.75, 3.05) is 24.9 Å². The van der Waals surface area contributed by atoms with Crippen LogP contribution in [0.5, 0.6) is 11.5 Å². The van der Waals surface area contributed by atoms with E-state index in [1.165, 1.54) is 12.1 Å². The van der Waals surface area contributed by atoms with Crippen LogP contribution in [0, 0.1) is 5.82 Å². The van der Waals surface area contributed by atoms with E-state index in [4.69, 9.17) is 21.1 Å². The van der Waals surface area contributed by atoms with Gasteiger partial charge in [0.05, 0.1) is 19.2 Å². The van der Waals surface area contributed by atoms with Crippen LogP contribution in [0.15, 0.2) is 48.7 Å². The number of methoxy groups -OCH3 is 2. The van der Waals surface area contributed by atoms with E-state index in [0.29, 0.717) is 29.0 Å². The molecule has 0 aliphatic carbocycles. The molecule has 8 heteroatoms. The number of benzene rings is 2. The molecule has 0 aliphatic rings. The summed E-state index contributed by atoms with van der Waals surface area (Å²) in [6, 6.07) is 11.4. The van der Waals surface area contributed by atoms with E-state index in [9.17, 15) is 4.39 Å². The lowest BCUT2D eigenvalue weighted by atomic mass is 10.3. The van der Waals surface area contributed by atoms with E-state index < -0.39 is 5.82 Å². The molecule has 0 saturated carbocycles. The van der Waals surface area contributed by atoms with Crippen LogP contribution in [0.3, 0.4) is 0 Å². The SMILES string of the molecule is COc1ccc(Nc2nccc(Nc3ccc(F)c(Cl)c3)n2)cc1OC. The zero-order chi connectivity index (χ0) is 18.5. The van der Waals surface area contributed by atoms with E-state index in [1.807, 2.05) is 6.07 Å². The Morgan fingerprint density at radius 3 is 2.38 bits per heavy atom. The summed E-state index contributed by atoms with van der Waals surface area (Å²) >= 11 is 5.79. The third kappa shape index (κ3) is 4.12. The van der Waals surface area contributed by atoms with Crippen molar-refractivity contribution in [1.82, 2.24) is 9.97 Å². The van der Waals surface area contributed by atoms with Gasteiger partial charge in [0.2, 0.25) is 5.95 Å². The first-order chi connectivity index (χ1) is 12.6. The fraction of sp³-hybridized carbons (Fsp3) is 0.111. The molecule has 134 valence electrons. The van der Waals surface area contributed by atoms with Crippen LogP contribution in [-0.4, -0.2) is 24.2 Å². The second-order valence-corrected chi connectivity index (χ2v) is 5.62. The predicted octanol–water partition coefficient (Wildman–Crippen LogP) is 4.77. The van der Waals surface area contributed by atoms with Crippen molar-refractivity contribution >= 4 is 34.7 Å². The van der Waals surface area contributed by atoms with Crippen molar-refractivity contribution in [3.63, 3.8) is 0 Å². The molecule has 0 saturated heterocycles. The molecule has 3 aromatic rings. The summed E-state index contributed by atoms with van der Waals surface area (Å²) in [5.41, 5.74) is 1.36. The lowest BCUT2D eigenvalue weighted by Gasteiger charge is -2.11. The highest BCUT2D eigenvalue weighted by molar-refractivity contribution is 6.31. The van der Waals surface area contributed by atoms with Crippen molar-refractivity contribution in [2.24, 2.45) is 0 Å². The molecule has 1 heterocycles. The van der Waals surface area contributed by atoms with Gasteiger partial charge in [-0.15, -0.1) is 0 Å². The molecule has 1 aromatic heterocycles. The Balaban J connectivity index is 1.78. The molecule has 2 aromatic carbocycles. The van der Waals surface area contributed by atoms with Gasteiger partial charge in [-0.3, -0.25) is 0 Å². The first-order valence-corrected chi connectivity index (χ1v) is 8.01. The average Bonchev–Trinajstić information content (AvgIpc) is 2.65. The van der Waals surface area contributed by atoms with E-state index >= 15 is 0 Å². The average molecular weight is 375 g/mol. The van der Waals surface area contributed by atoms with Gasteiger partial charge in [0, 0.05) is 23.6 Å². The maximum absolute atomic E-state index is 13.2. The maximum Gasteiger partial charge on any atom is 0.229 e. The summed E-state index contributed by atoms with van der Waals surface area (Å²) in [5, 5.41) is 6.18. The summed E-state index contributed by atoms with van der Waals surface area (Å²) in [6.07, 6.45) is 1.60. The largest absolute Gasteiger partial charge is 0.493 e. The Bertz CT molecular complexity index is 923. The predicted molar refractivity (Wildman–Crippen MR) is 99.6 cm³/mol. The molecule has 26 heavy (non-hydrogen) atoms. The number of nitrogens with one attached hydrogen (secondary N) is 2. The fourth-order valence-electron chi connectivity index (χ4n) is 2.25. The number of aromatic nitrogens is 2. The van der Waals surface area contributed by atoms with Gasteiger partial charge in [-0.2, -0.15) is 4.98 Å². The van der Waals surface area contributed by atoms with Gasteiger partial charge in [0.1, 0.15) is 11.6 Å². The topological polar surface area (TPSA) is 68.3 Å². The molecule has 0 bridgehead atoms. The van der Waals surface area contributed by atoms with E-state index in [1.54, 1.807) is 44.7 Å². The van der Waals surface area contributed by atoms with Crippen molar-refractivity contribution in [2.45, 2.75) is 0 Å². The van der Waals surface area contributed by atoms with E-state index in [-0.39, 0.29) is 5.02 Å². The van der Waals surface area contributed by atoms with Gasteiger partial charge in [0.25, 0.3) is 0 Å². The minimum atomic E-state index is -0.476. The second-order valence-electron chi connectivity index (χ2n) is 5.21. The quantitative estimate of drug-likeness (QED) is 0.647. The lowest BCUT2D eigenvalue weighted by Crippen LogP contribution is -2.01. The minimum absolute atomic E-state index is 0.0349. The van der Waals surface area contributed by atoms with Crippen LogP contribution in [0.4, 0.5) is 27.5 Å². The molecule has 0 amide bonds. The number of halogens is 2. The highest BCUT2D eigenvalue weighted by atomic mass is 35.5. The second kappa shape index (κ2) is 7.88. The summed E-state index contributed by atoms with van der Waals surface area (Å²) in [5.74, 6) is 1.66. The standard InChI is InChI=1S/C18H16ClFN4O2/c1-25-15-6-4-12(10-16(15)26-2)23-18-21-8-7-17(24-18)22-11-3-5-14(20)13(19)9-11/h3-10H,1-2H3,(H2,21,22,23,24). The number of nitrogens with zero attached hydrogens (tertiary/aromatic N) is 2. The number of ether oxygens (including phenoxy) is 2. The summed E-state index contributed by atoms with van der Waals surface area (Å²) in [4.78, 5) is 8.56. The monoisotopic (exact) mass is 374 g/mol. The summed E-state index contributed by atoms with van der Waals surface area (Å²) in [6.45, 7) is 0. The Morgan fingerprint density at radius 1 is 0.923 bits per heavy atom. The van der Waals surface area contributed by atoms with Crippen LogP contribution in [0.1, 0.15) is 0 Å². The Hall–Kier alpha value is -3.06. The highest BCUT2D eigenvalue weighted by Crippen LogP contribution is 2.30. The van der Waals surface area contributed by atoms with Gasteiger partial charge >= 0.3 is 0 Å². The maximum atomic E-state index is 13.2. The fourth-order valence-corrected chi connectivity index (χ4v) is 2.43. The molecule has 0 atom stereocenters. The molecule has 0 aliphatic heterocycles. The minimum Gasteiger partial charge on any atom is -0.493 e. The molecule has 3 rings (SSSR count). The normalized spacial score (nSPS) is 10.3. The molecular formula is C18H16ClFN4O2. The number of hydrogen-bond acceptors (Lipinski definition) is 6. The zero-order valence-electron chi connectivity index (χ0n) is 14.1. The van der Waals surface area contributed by atoms with Crippen molar-refractivity contribution in [1.29, 1.82) is 0 Å². The lowest BCUT2D eigenvalue weighted by molar-refractivity contribution is 0.355. The van der Waals surface area contributed by atoms with Crippen LogP contribution in [-0.2, 0) is 0 Å². The number of hydrogen-bond donors (Lipinski definition) is 2. The number of anilines is 4. The molecule has 2 N–H and O–H groups in total. The Morgan fingerprint density at radius 2 is 1.65 bits per heavy atom. The molecule has 0 fully saturated rings. The molecule has 0 spiro atoms. The Labute approximate surface area is 155 Å². The third-order valence-electron chi connectivity index (χ3n) is 3.49. The van der Waals surface area contributed by atoms with Crippen LogP contribution in [0.25, 0.3) is 0 Å². The van der Waals surface area contributed by atoms with Gasteiger partial charge in [0.15, 0.2) is 11.5 Å². The molecular weight excluding hydrogens is 359 g/mol. The Kier molecular flexibility index (Phi) is 5.38. The zero-order valence-corrected chi connectivity index (χ0v) is 14.8. The van der Waals surface area contributed by atoms with Gasteiger partial charge in [-0.1, -0.05) is 11.6 Å². The molecule has 0 unspecified atom stereocenters. The van der Waals surface area contributed by atoms with Crippen LogP contribution >= 0.6 is 11.6 Å². The van der Waals surface area contributed by atoms with E-state index in [0.717, 1.165) is 5.69 Å². The number of rotatable bonds is 6. The van der Waals surface area contributed by atoms with Crippen molar-refractivity contribution in [3.8, 4) is 11.5 Å². The molecule has 0 radical (unpaired) electrons. The van der Waals surface area contributed by atoms with Crippen LogP contribution in [0.2, 0.25) is 5.02 Å². The highest BCUT2D eigenvalue weighted by Gasteiger charge is 2.07. The summed E-state index contributed by atoms with van der Waals surface area (Å²) in [7, 11) is 3.14. The summed E-state index contributed by atoms with van der Waals surface area (Å²) < 4.78 is 23.7. The van der Waals surface area contributed by atoms with Crippen LogP contribution < -0.4 is 20.1 Å². The first-order valence-electron chi connectivity index (χ1n) is 7.63. The molecule has 6 nitrogen and oxygen atoms in total. The van der Waals surface area contributed by atoms with Crippen molar-refractivity contribution < 1.29 is 13.9 Å².